The third-order valence-electron chi connectivity index (χ3n) is 3.61. The smallest absolute Gasteiger partial charge is 0.251 e. The summed E-state index contributed by atoms with van der Waals surface area (Å²) < 4.78 is 11.0. The lowest BCUT2D eigenvalue weighted by molar-refractivity contribution is 0.0947. The highest BCUT2D eigenvalue weighted by Crippen LogP contribution is 2.25. The Morgan fingerprint density at radius 3 is 2.48 bits per heavy atom. The Morgan fingerprint density at radius 1 is 1.08 bits per heavy atom. The van der Waals surface area contributed by atoms with Gasteiger partial charge in [0.2, 0.25) is 0 Å². The Kier molecular flexibility index (Phi) is 7.61. The highest BCUT2D eigenvalue weighted by molar-refractivity contribution is 6.32. The number of ether oxygens (including phenoxy) is 2. The summed E-state index contributed by atoms with van der Waals surface area (Å²) in [5, 5.41) is 3.24. The van der Waals surface area contributed by atoms with E-state index in [-0.39, 0.29) is 5.91 Å². The summed E-state index contributed by atoms with van der Waals surface area (Å²) in [6, 6.07) is 13.1. The van der Waals surface area contributed by atoms with E-state index in [0.29, 0.717) is 36.1 Å². The van der Waals surface area contributed by atoms with Crippen LogP contribution in [-0.2, 0) is 6.42 Å². The average molecular weight is 362 g/mol. The van der Waals surface area contributed by atoms with Gasteiger partial charge in [0.15, 0.2) is 0 Å². The first-order valence-corrected chi connectivity index (χ1v) is 8.94. The van der Waals surface area contributed by atoms with Crippen LogP contribution in [0.3, 0.4) is 0 Å². The number of carbonyl (C=O) groups is 1. The van der Waals surface area contributed by atoms with Crippen molar-refractivity contribution in [2.45, 2.75) is 26.7 Å². The minimum atomic E-state index is -0.188. The Labute approximate surface area is 154 Å². The first-order valence-electron chi connectivity index (χ1n) is 8.56. The fourth-order valence-corrected chi connectivity index (χ4v) is 2.63. The normalized spacial score (nSPS) is 10.4. The first kappa shape index (κ1) is 19.1. The second-order valence-electron chi connectivity index (χ2n) is 5.58. The van der Waals surface area contributed by atoms with Crippen LogP contribution in [0.2, 0.25) is 5.02 Å². The summed E-state index contributed by atoms with van der Waals surface area (Å²) in [4.78, 5) is 12.1. The van der Waals surface area contributed by atoms with Crippen LogP contribution in [-0.4, -0.2) is 25.7 Å². The predicted molar refractivity (Wildman–Crippen MR) is 101 cm³/mol. The number of aryl methyl sites for hydroxylation is 1. The maximum atomic E-state index is 12.1. The van der Waals surface area contributed by atoms with E-state index in [9.17, 15) is 4.79 Å². The Bertz CT molecular complexity index is 686. The zero-order valence-electron chi connectivity index (χ0n) is 14.7. The minimum Gasteiger partial charge on any atom is -0.492 e. The fraction of sp³-hybridized carbons (Fsp3) is 0.350. The van der Waals surface area contributed by atoms with Gasteiger partial charge >= 0.3 is 0 Å². The van der Waals surface area contributed by atoms with E-state index in [1.165, 1.54) is 5.56 Å². The molecule has 0 aliphatic heterocycles. The summed E-state index contributed by atoms with van der Waals surface area (Å²) >= 11 is 6.10. The van der Waals surface area contributed by atoms with Crippen LogP contribution in [0.25, 0.3) is 0 Å². The monoisotopic (exact) mass is 361 g/mol. The van der Waals surface area contributed by atoms with E-state index < -0.39 is 0 Å². The van der Waals surface area contributed by atoms with Gasteiger partial charge in [0.05, 0.1) is 18.2 Å². The minimum absolute atomic E-state index is 0.188. The SMILES string of the molecule is CCCc1ccc(OCCNC(=O)c2ccc(OCC)c(Cl)c2)cc1. The maximum absolute atomic E-state index is 12.1. The zero-order chi connectivity index (χ0) is 18.1. The highest BCUT2D eigenvalue weighted by atomic mass is 35.5. The molecule has 0 radical (unpaired) electrons. The molecule has 1 amide bonds. The molecule has 2 rings (SSSR count). The van der Waals surface area contributed by atoms with E-state index in [1.54, 1.807) is 18.2 Å². The Morgan fingerprint density at radius 2 is 1.84 bits per heavy atom. The van der Waals surface area contributed by atoms with Gasteiger partial charge in [-0.05, 0) is 49.2 Å². The lowest BCUT2D eigenvalue weighted by Crippen LogP contribution is -2.28. The van der Waals surface area contributed by atoms with Crippen molar-refractivity contribution in [3.63, 3.8) is 0 Å². The fourth-order valence-electron chi connectivity index (χ4n) is 2.39. The van der Waals surface area contributed by atoms with Crippen molar-refractivity contribution in [3.05, 3.63) is 58.6 Å². The molecule has 1 N–H and O–H groups in total. The predicted octanol–water partition coefficient (Wildman–Crippen LogP) is 4.50. The molecule has 0 bridgehead atoms. The van der Waals surface area contributed by atoms with Gasteiger partial charge < -0.3 is 14.8 Å². The molecule has 0 atom stereocenters. The molecule has 0 saturated heterocycles. The second-order valence-corrected chi connectivity index (χ2v) is 5.98. The molecule has 0 aliphatic carbocycles. The van der Waals surface area contributed by atoms with Gasteiger partial charge in [-0.25, -0.2) is 0 Å². The Hall–Kier alpha value is -2.20. The van der Waals surface area contributed by atoms with Gasteiger partial charge in [-0.1, -0.05) is 37.1 Å². The average Bonchev–Trinajstić information content (AvgIpc) is 2.62. The van der Waals surface area contributed by atoms with Crippen molar-refractivity contribution in [3.8, 4) is 11.5 Å². The summed E-state index contributed by atoms with van der Waals surface area (Å²) in [5.41, 5.74) is 1.80. The van der Waals surface area contributed by atoms with Crippen LogP contribution in [0.15, 0.2) is 42.5 Å². The van der Waals surface area contributed by atoms with Crippen LogP contribution >= 0.6 is 11.6 Å². The number of carbonyl (C=O) groups excluding carboxylic acids is 1. The second kappa shape index (κ2) is 9.94. The number of halogens is 1. The number of hydrogen-bond acceptors (Lipinski definition) is 3. The van der Waals surface area contributed by atoms with E-state index in [2.05, 4.69) is 24.4 Å². The molecule has 25 heavy (non-hydrogen) atoms. The topological polar surface area (TPSA) is 47.6 Å². The molecule has 0 unspecified atom stereocenters. The number of hydrogen-bond donors (Lipinski definition) is 1. The third kappa shape index (κ3) is 5.98. The molecule has 0 aliphatic rings. The molecule has 2 aromatic rings. The summed E-state index contributed by atoms with van der Waals surface area (Å²) in [5.74, 6) is 1.20. The van der Waals surface area contributed by atoms with E-state index in [4.69, 9.17) is 21.1 Å². The Balaban J connectivity index is 1.77. The van der Waals surface area contributed by atoms with Crippen LogP contribution < -0.4 is 14.8 Å². The number of rotatable bonds is 9. The van der Waals surface area contributed by atoms with Crippen molar-refractivity contribution in [2.75, 3.05) is 19.8 Å². The maximum Gasteiger partial charge on any atom is 0.251 e. The van der Waals surface area contributed by atoms with Gasteiger partial charge in [0, 0.05) is 5.56 Å². The van der Waals surface area contributed by atoms with E-state index >= 15 is 0 Å². The van der Waals surface area contributed by atoms with Crippen LogP contribution in [0.4, 0.5) is 0 Å². The van der Waals surface area contributed by atoms with Crippen LogP contribution in [0.1, 0.15) is 36.2 Å². The summed E-state index contributed by atoms with van der Waals surface area (Å²) in [7, 11) is 0. The summed E-state index contributed by atoms with van der Waals surface area (Å²) in [6.07, 6.45) is 2.20. The molecular formula is C20H24ClNO3. The lowest BCUT2D eigenvalue weighted by Gasteiger charge is -2.10. The van der Waals surface area contributed by atoms with Crippen molar-refractivity contribution >= 4 is 17.5 Å². The lowest BCUT2D eigenvalue weighted by atomic mass is 10.1. The van der Waals surface area contributed by atoms with Crippen molar-refractivity contribution < 1.29 is 14.3 Å². The standard InChI is InChI=1S/C20H24ClNO3/c1-3-5-15-6-9-17(10-7-15)25-13-12-22-20(23)16-8-11-19(24-4-2)18(21)14-16/h6-11,14H,3-5,12-13H2,1-2H3,(H,22,23). The quantitative estimate of drug-likeness (QED) is 0.669. The van der Waals surface area contributed by atoms with Gasteiger partial charge in [0.25, 0.3) is 5.91 Å². The summed E-state index contributed by atoms with van der Waals surface area (Å²) in [6.45, 7) is 5.39. The molecule has 0 saturated carbocycles. The van der Waals surface area contributed by atoms with E-state index in [1.807, 2.05) is 19.1 Å². The third-order valence-corrected chi connectivity index (χ3v) is 3.91. The molecule has 0 aromatic heterocycles. The molecule has 5 heteroatoms. The molecule has 2 aromatic carbocycles. The molecule has 134 valence electrons. The zero-order valence-corrected chi connectivity index (χ0v) is 15.4. The van der Waals surface area contributed by atoms with Crippen molar-refractivity contribution in [2.24, 2.45) is 0 Å². The largest absolute Gasteiger partial charge is 0.492 e. The van der Waals surface area contributed by atoms with Crippen molar-refractivity contribution in [1.29, 1.82) is 0 Å². The van der Waals surface area contributed by atoms with Crippen molar-refractivity contribution in [1.82, 2.24) is 5.32 Å². The van der Waals surface area contributed by atoms with Gasteiger partial charge in [-0.2, -0.15) is 0 Å². The number of benzene rings is 2. The molecule has 0 heterocycles. The van der Waals surface area contributed by atoms with Gasteiger partial charge in [-0.3, -0.25) is 4.79 Å². The number of nitrogens with one attached hydrogen (secondary N) is 1. The molecule has 0 fully saturated rings. The van der Waals surface area contributed by atoms with E-state index in [0.717, 1.165) is 18.6 Å². The molecule has 0 spiro atoms. The first-order chi connectivity index (χ1) is 12.1. The van der Waals surface area contributed by atoms with Gasteiger partial charge in [0.1, 0.15) is 18.1 Å². The highest BCUT2D eigenvalue weighted by Gasteiger charge is 2.09. The number of amides is 1. The molecule has 4 nitrogen and oxygen atoms in total. The molecular weight excluding hydrogens is 338 g/mol. The van der Waals surface area contributed by atoms with Crippen LogP contribution in [0.5, 0.6) is 11.5 Å². The van der Waals surface area contributed by atoms with Crippen LogP contribution in [0, 0.1) is 0 Å². The van der Waals surface area contributed by atoms with Gasteiger partial charge in [-0.15, -0.1) is 0 Å².